The number of aryl methyl sites for hydroxylation is 1. The summed E-state index contributed by atoms with van der Waals surface area (Å²) in [6.45, 7) is 1.90. The van der Waals surface area contributed by atoms with Crippen molar-refractivity contribution in [1.82, 2.24) is 8.96 Å². The van der Waals surface area contributed by atoms with Gasteiger partial charge in [-0.05, 0) is 17.6 Å². The standard InChI is InChI=1S/C4H5ClN2S/c1-4-6-2-3-7(4)8-5/h2-3H,1H3. The normalized spacial score (nSPS) is 9.75. The third kappa shape index (κ3) is 0.980. The number of hydrogen-bond donors (Lipinski definition) is 0. The Morgan fingerprint density at radius 3 is 2.88 bits per heavy atom. The molecule has 0 amide bonds. The molecule has 0 radical (unpaired) electrons. The van der Waals surface area contributed by atoms with Crippen LogP contribution in [0.2, 0.25) is 0 Å². The lowest BCUT2D eigenvalue weighted by atomic mass is 10.8. The Labute approximate surface area is 56.5 Å². The molecule has 0 aliphatic carbocycles. The van der Waals surface area contributed by atoms with Crippen molar-refractivity contribution < 1.29 is 0 Å². The summed E-state index contributed by atoms with van der Waals surface area (Å²) in [6, 6.07) is 0. The summed E-state index contributed by atoms with van der Waals surface area (Å²) in [5.74, 6) is 0.921. The third-order valence-electron chi connectivity index (χ3n) is 0.857. The van der Waals surface area contributed by atoms with Gasteiger partial charge in [-0.1, -0.05) is 0 Å². The lowest BCUT2D eigenvalue weighted by molar-refractivity contribution is 1.10. The molecule has 4 heteroatoms. The highest BCUT2D eigenvalue weighted by Crippen LogP contribution is 2.11. The molecule has 0 aromatic carbocycles. The molecule has 0 fully saturated rings. The van der Waals surface area contributed by atoms with E-state index in [1.807, 2.05) is 13.1 Å². The first-order valence-electron chi connectivity index (χ1n) is 2.13. The molecule has 0 saturated carbocycles. The van der Waals surface area contributed by atoms with Gasteiger partial charge >= 0.3 is 0 Å². The minimum atomic E-state index is 0.921. The van der Waals surface area contributed by atoms with Gasteiger partial charge in [-0.25, -0.2) is 4.98 Å². The Bertz CT molecular complexity index is 174. The first-order valence-corrected chi connectivity index (χ1v) is 3.73. The van der Waals surface area contributed by atoms with E-state index in [2.05, 4.69) is 4.98 Å². The van der Waals surface area contributed by atoms with E-state index < -0.39 is 0 Å². The Kier molecular flexibility index (Phi) is 1.81. The van der Waals surface area contributed by atoms with Crippen LogP contribution in [0.15, 0.2) is 12.4 Å². The van der Waals surface area contributed by atoms with Crippen LogP contribution in [0.25, 0.3) is 0 Å². The summed E-state index contributed by atoms with van der Waals surface area (Å²) >= 11 is 1.13. The first-order chi connectivity index (χ1) is 3.84. The molecule has 2 nitrogen and oxygen atoms in total. The summed E-state index contributed by atoms with van der Waals surface area (Å²) in [7, 11) is 5.41. The van der Waals surface area contributed by atoms with Crippen molar-refractivity contribution in [2.24, 2.45) is 0 Å². The molecule has 0 atom stereocenters. The first kappa shape index (κ1) is 5.98. The van der Waals surface area contributed by atoms with Crippen molar-refractivity contribution in [3.8, 4) is 0 Å². The van der Waals surface area contributed by atoms with E-state index in [0.717, 1.165) is 17.0 Å². The second-order valence-electron chi connectivity index (χ2n) is 1.37. The number of aromatic nitrogens is 2. The van der Waals surface area contributed by atoms with E-state index in [1.165, 1.54) is 0 Å². The average molecular weight is 149 g/mol. The van der Waals surface area contributed by atoms with Crippen LogP contribution in [0.5, 0.6) is 0 Å². The third-order valence-corrected chi connectivity index (χ3v) is 1.84. The van der Waals surface area contributed by atoms with Crippen molar-refractivity contribution in [2.45, 2.75) is 6.92 Å². The largest absolute Gasteiger partial charge is 0.264 e. The van der Waals surface area contributed by atoms with Gasteiger partial charge in [0.1, 0.15) is 5.82 Å². The SMILES string of the molecule is Cc1nccn1SCl. The number of imidazole rings is 1. The van der Waals surface area contributed by atoms with Crippen molar-refractivity contribution in [1.29, 1.82) is 0 Å². The fraction of sp³-hybridized carbons (Fsp3) is 0.250. The quantitative estimate of drug-likeness (QED) is 0.605. The van der Waals surface area contributed by atoms with Gasteiger partial charge < -0.3 is 0 Å². The maximum Gasteiger partial charge on any atom is 0.116 e. The van der Waals surface area contributed by atoms with Gasteiger partial charge in [-0.2, -0.15) is 0 Å². The van der Waals surface area contributed by atoms with Gasteiger partial charge in [0.25, 0.3) is 0 Å². The fourth-order valence-corrected chi connectivity index (χ4v) is 1.12. The molecule has 0 aliphatic heterocycles. The van der Waals surface area contributed by atoms with Gasteiger partial charge in [0.2, 0.25) is 0 Å². The predicted octanol–water partition coefficient (Wildman–Crippen LogP) is 1.84. The minimum absolute atomic E-state index is 0.921. The van der Waals surface area contributed by atoms with Crippen LogP contribution in [0.3, 0.4) is 0 Å². The van der Waals surface area contributed by atoms with Crippen molar-refractivity contribution in [3.63, 3.8) is 0 Å². The van der Waals surface area contributed by atoms with E-state index >= 15 is 0 Å². The Morgan fingerprint density at radius 2 is 2.62 bits per heavy atom. The van der Waals surface area contributed by atoms with Crippen molar-refractivity contribution in [3.05, 3.63) is 18.2 Å². The molecule has 1 rings (SSSR count). The number of halogens is 1. The lowest BCUT2D eigenvalue weighted by Gasteiger charge is -1.91. The van der Waals surface area contributed by atoms with Crippen LogP contribution in [0.4, 0.5) is 0 Å². The molecule has 0 unspecified atom stereocenters. The van der Waals surface area contributed by atoms with Gasteiger partial charge in [0.15, 0.2) is 0 Å². The summed E-state index contributed by atoms with van der Waals surface area (Å²) < 4.78 is 1.78. The summed E-state index contributed by atoms with van der Waals surface area (Å²) in [5.41, 5.74) is 0. The molecule has 0 aliphatic rings. The van der Waals surface area contributed by atoms with E-state index in [0.29, 0.717) is 0 Å². The van der Waals surface area contributed by atoms with Gasteiger partial charge in [-0.15, -0.1) is 0 Å². The van der Waals surface area contributed by atoms with Crippen LogP contribution in [0.1, 0.15) is 5.82 Å². The molecule has 1 aromatic heterocycles. The van der Waals surface area contributed by atoms with Gasteiger partial charge in [0, 0.05) is 12.4 Å². The molecule has 0 N–H and O–H groups in total. The lowest BCUT2D eigenvalue weighted by Crippen LogP contribution is -1.82. The summed E-state index contributed by atoms with van der Waals surface area (Å²) in [4.78, 5) is 3.95. The van der Waals surface area contributed by atoms with E-state index in [1.54, 1.807) is 10.2 Å². The molecule has 0 bridgehead atoms. The maximum atomic E-state index is 5.41. The smallest absolute Gasteiger partial charge is 0.116 e. The number of rotatable bonds is 1. The van der Waals surface area contributed by atoms with E-state index in [9.17, 15) is 0 Å². The number of nitrogens with zero attached hydrogens (tertiary/aromatic N) is 2. The molecule has 0 saturated heterocycles. The Balaban J connectivity index is 2.92. The summed E-state index contributed by atoms with van der Waals surface area (Å²) in [6.07, 6.45) is 3.53. The van der Waals surface area contributed by atoms with Crippen LogP contribution >= 0.6 is 21.8 Å². The molecular weight excluding hydrogens is 144 g/mol. The maximum absolute atomic E-state index is 5.41. The molecule has 0 spiro atoms. The van der Waals surface area contributed by atoms with Crippen molar-refractivity contribution >= 4 is 21.8 Å². The summed E-state index contributed by atoms with van der Waals surface area (Å²) in [5, 5.41) is 0. The monoisotopic (exact) mass is 148 g/mol. The zero-order valence-corrected chi connectivity index (χ0v) is 5.91. The minimum Gasteiger partial charge on any atom is -0.264 e. The molecular formula is C4H5ClN2S. The van der Waals surface area contributed by atoms with Crippen LogP contribution in [-0.4, -0.2) is 8.96 Å². The zero-order valence-electron chi connectivity index (χ0n) is 4.34. The van der Waals surface area contributed by atoms with Gasteiger partial charge in [-0.3, -0.25) is 3.97 Å². The van der Waals surface area contributed by atoms with Crippen LogP contribution in [0, 0.1) is 6.92 Å². The topological polar surface area (TPSA) is 17.8 Å². The molecule has 1 heterocycles. The average Bonchev–Trinajstić information content (AvgIpc) is 2.14. The molecule has 1 aromatic rings. The fourth-order valence-electron chi connectivity index (χ4n) is 0.439. The van der Waals surface area contributed by atoms with Crippen LogP contribution in [-0.2, 0) is 0 Å². The zero-order chi connectivity index (χ0) is 5.98. The van der Waals surface area contributed by atoms with E-state index in [-0.39, 0.29) is 0 Å². The Hall–Kier alpha value is -0.150. The second kappa shape index (κ2) is 2.42. The number of hydrogen-bond acceptors (Lipinski definition) is 2. The second-order valence-corrected chi connectivity index (χ2v) is 2.31. The highest BCUT2D eigenvalue weighted by atomic mass is 35.7. The van der Waals surface area contributed by atoms with Crippen molar-refractivity contribution in [2.75, 3.05) is 0 Å². The van der Waals surface area contributed by atoms with E-state index in [4.69, 9.17) is 10.7 Å². The predicted molar refractivity (Wildman–Crippen MR) is 35.8 cm³/mol. The van der Waals surface area contributed by atoms with Gasteiger partial charge in [0.05, 0.1) is 11.2 Å². The molecule has 8 heavy (non-hydrogen) atoms. The highest BCUT2D eigenvalue weighted by molar-refractivity contribution is 8.19. The highest BCUT2D eigenvalue weighted by Gasteiger charge is 1.91. The van der Waals surface area contributed by atoms with Crippen LogP contribution < -0.4 is 0 Å². The molecule has 44 valence electrons. The Morgan fingerprint density at radius 1 is 1.88 bits per heavy atom.